The Morgan fingerprint density at radius 3 is 2.58 bits per heavy atom. The Hall–Kier alpha value is -1.46. The van der Waals surface area contributed by atoms with Gasteiger partial charge in [0.2, 0.25) is 5.91 Å². The topological polar surface area (TPSA) is 49.6 Å². The first kappa shape index (κ1) is 15.6. The molecule has 104 valence electrons. The number of rotatable bonds is 6. The number of carbonyl (C=O) groups is 1. The van der Waals surface area contributed by atoms with Gasteiger partial charge in [0.05, 0.1) is 0 Å². The first-order valence-corrected chi connectivity index (χ1v) is 6.58. The van der Waals surface area contributed by atoms with Gasteiger partial charge in [0.15, 0.2) is 0 Å². The summed E-state index contributed by atoms with van der Waals surface area (Å²) in [5.41, 5.74) is 7.64. The molecule has 0 atom stereocenters. The molecule has 2 N–H and O–H groups in total. The van der Waals surface area contributed by atoms with Crippen molar-refractivity contribution in [2.75, 3.05) is 27.7 Å². The van der Waals surface area contributed by atoms with Gasteiger partial charge in [-0.05, 0) is 18.7 Å². The average molecular weight is 279 g/mol. The van der Waals surface area contributed by atoms with Crippen molar-refractivity contribution in [1.82, 2.24) is 9.80 Å². The second-order valence-corrected chi connectivity index (χ2v) is 5.28. The van der Waals surface area contributed by atoms with Crippen LogP contribution in [0.4, 0.5) is 0 Å². The molecule has 5 heteroatoms. The fourth-order valence-corrected chi connectivity index (χ4v) is 1.85. The lowest BCUT2D eigenvalue weighted by molar-refractivity contribution is -0.129. The minimum atomic E-state index is 0.142. The van der Waals surface area contributed by atoms with Crippen LogP contribution in [-0.4, -0.2) is 48.4 Å². The van der Waals surface area contributed by atoms with Gasteiger partial charge in [-0.1, -0.05) is 30.4 Å². The predicted octanol–water partition coefficient (Wildman–Crippen LogP) is 1.23. The summed E-state index contributed by atoms with van der Waals surface area (Å²) < 4.78 is 0. The van der Waals surface area contributed by atoms with E-state index >= 15 is 0 Å². The number of nitrogens with zero attached hydrogens (tertiary/aromatic N) is 2. The molecule has 0 saturated carbocycles. The minimum absolute atomic E-state index is 0.142. The molecule has 4 nitrogen and oxygen atoms in total. The van der Waals surface area contributed by atoms with Crippen LogP contribution in [0.15, 0.2) is 24.3 Å². The Balaban J connectivity index is 2.52. The van der Waals surface area contributed by atoms with Crippen molar-refractivity contribution in [1.29, 1.82) is 0 Å². The summed E-state index contributed by atoms with van der Waals surface area (Å²) in [5, 5.41) is 0. The first-order valence-electron chi connectivity index (χ1n) is 6.17. The zero-order valence-corrected chi connectivity index (χ0v) is 12.5. The summed E-state index contributed by atoms with van der Waals surface area (Å²) in [4.78, 5) is 15.6. The standard InChI is InChI=1S/C14H21N3OS/c1-16(2)13(18)7-8-17(3)10-11-5-4-6-12(9-11)14(15)19/h4-6,9H,7-8,10H2,1-3H3,(H2,15,19). The van der Waals surface area contributed by atoms with E-state index in [9.17, 15) is 4.79 Å². The van der Waals surface area contributed by atoms with Crippen LogP contribution in [0, 0.1) is 0 Å². The molecule has 0 aliphatic carbocycles. The number of amides is 1. The van der Waals surface area contributed by atoms with Gasteiger partial charge in [0.1, 0.15) is 4.99 Å². The Bertz CT molecular complexity index is 460. The number of carbonyl (C=O) groups excluding carboxylic acids is 1. The Kier molecular flexibility index (Phi) is 5.92. The van der Waals surface area contributed by atoms with Crippen molar-refractivity contribution in [3.05, 3.63) is 35.4 Å². The van der Waals surface area contributed by atoms with E-state index in [2.05, 4.69) is 4.90 Å². The molecule has 1 amide bonds. The number of benzene rings is 1. The number of hydrogen-bond acceptors (Lipinski definition) is 3. The maximum absolute atomic E-state index is 11.5. The van der Waals surface area contributed by atoms with Crippen LogP contribution in [0.2, 0.25) is 0 Å². The molecule has 0 fully saturated rings. The zero-order valence-electron chi connectivity index (χ0n) is 11.7. The molecule has 0 aliphatic rings. The molecule has 0 unspecified atom stereocenters. The SMILES string of the molecule is CN(CCC(=O)N(C)C)Cc1cccc(C(N)=S)c1. The van der Waals surface area contributed by atoms with E-state index in [1.54, 1.807) is 19.0 Å². The molecule has 1 aromatic rings. The van der Waals surface area contributed by atoms with Crippen molar-refractivity contribution < 1.29 is 4.79 Å². The van der Waals surface area contributed by atoms with E-state index in [1.807, 2.05) is 31.3 Å². The predicted molar refractivity (Wildman–Crippen MR) is 82.0 cm³/mol. The molecule has 0 saturated heterocycles. The molecule has 0 spiro atoms. The van der Waals surface area contributed by atoms with Gasteiger partial charge in [0.25, 0.3) is 0 Å². The van der Waals surface area contributed by atoms with Crippen molar-refractivity contribution in [2.24, 2.45) is 5.73 Å². The summed E-state index contributed by atoms with van der Waals surface area (Å²) in [5.74, 6) is 0.142. The largest absolute Gasteiger partial charge is 0.389 e. The lowest BCUT2D eigenvalue weighted by atomic mass is 10.1. The molecule has 0 radical (unpaired) electrons. The molecule has 0 bridgehead atoms. The van der Waals surface area contributed by atoms with Gasteiger partial charge in [-0.3, -0.25) is 4.79 Å². The van der Waals surface area contributed by atoms with Gasteiger partial charge >= 0.3 is 0 Å². The normalized spacial score (nSPS) is 10.5. The van der Waals surface area contributed by atoms with Gasteiger partial charge in [-0.15, -0.1) is 0 Å². The average Bonchev–Trinajstić information content (AvgIpc) is 2.36. The van der Waals surface area contributed by atoms with Crippen LogP contribution in [0.3, 0.4) is 0 Å². The molecule has 0 heterocycles. The highest BCUT2D eigenvalue weighted by Crippen LogP contribution is 2.08. The summed E-state index contributed by atoms with van der Waals surface area (Å²) >= 11 is 4.96. The molecule has 0 aliphatic heterocycles. The van der Waals surface area contributed by atoms with Crippen LogP contribution in [0.5, 0.6) is 0 Å². The van der Waals surface area contributed by atoms with Gasteiger partial charge in [-0.25, -0.2) is 0 Å². The van der Waals surface area contributed by atoms with Gasteiger partial charge in [0, 0.05) is 39.2 Å². The maximum atomic E-state index is 11.5. The lowest BCUT2D eigenvalue weighted by Gasteiger charge is -2.18. The van der Waals surface area contributed by atoms with Gasteiger partial charge in [-0.2, -0.15) is 0 Å². The Labute approximate surface area is 120 Å². The molecular formula is C14H21N3OS. The smallest absolute Gasteiger partial charge is 0.223 e. The summed E-state index contributed by atoms with van der Waals surface area (Å²) in [6, 6.07) is 7.88. The van der Waals surface area contributed by atoms with E-state index < -0.39 is 0 Å². The van der Waals surface area contributed by atoms with Crippen molar-refractivity contribution >= 4 is 23.1 Å². The van der Waals surface area contributed by atoms with Crippen molar-refractivity contribution in [2.45, 2.75) is 13.0 Å². The molecule has 19 heavy (non-hydrogen) atoms. The third kappa shape index (κ3) is 5.36. The fourth-order valence-electron chi connectivity index (χ4n) is 1.72. The fraction of sp³-hybridized carbons (Fsp3) is 0.429. The highest BCUT2D eigenvalue weighted by Gasteiger charge is 2.07. The number of thiocarbonyl (C=S) groups is 1. The minimum Gasteiger partial charge on any atom is -0.389 e. The van der Waals surface area contributed by atoms with Crippen LogP contribution >= 0.6 is 12.2 Å². The maximum Gasteiger partial charge on any atom is 0.223 e. The Morgan fingerprint density at radius 2 is 2.00 bits per heavy atom. The monoisotopic (exact) mass is 279 g/mol. The number of nitrogens with two attached hydrogens (primary N) is 1. The molecule has 0 aromatic heterocycles. The lowest BCUT2D eigenvalue weighted by Crippen LogP contribution is -2.27. The van der Waals surface area contributed by atoms with Crippen LogP contribution < -0.4 is 5.73 Å². The second kappa shape index (κ2) is 7.21. The summed E-state index contributed by atoms with van der Waals surface area (Å²) in [7, 11) is 5.54. The van der Waals surface area contributed by atoms with Crippen LogP contribution in [0.25, 0.3) is 0 Å². The zero-order chi connectivity index (χ0) is 14.4. The Morgan fingerprint density at radius 1 is 1.32 bits per heavy atom. The number of hydrogen-bond donors (Lipinski definition) is 1. The summed E-state index contributed by atoms with van der Waals surface area (Å²) in [6.45, 7) is 1.51. The van der Waals surface area contributed by atoms with E-state index in [0.29, 0.717) is 11.4 Å². The van der Waals surface area contributed by atoms with E-state index in [1.165, 1.54) is 0 Å². The highest BCUT2D eigenvalue weighted by molar-refractivity contribution is 7.80. The highest BCUT2D eigenvalue weighted by atomic mass is 32.1. The molecule has 1 aromatic carbocycles. The third-order valence-corrected chi connectivity index (χ3v) is 3.11. The molecule has 1 rings (SSSR count). The van der Waals surface area contributed by atoms with E-state index in [4.69, 9.17) is 18.0 Å². The van der Waals surface area contributed by atoms with Crippen LogP contribution in [-0.2, 0) is 11.3 Å². The van der Waals surface area contributed by atoms with E-state index in [-0.39, 0.29) is 5.91 Å². The first-order chi connectivity index (χ1) is 8.90. The third-order valence-electron chi connectivity index (χ3n) is 2.87. The second-order valence-electron chi connectivity index (χ2n) is 4.84. The quantitative estimate of drug-likeness (QED) is 0.796. The van der Waals surface area contributed by atoms with Crippen molar-refractivity contribution in [3.63, 3.8) is 0 Å². The van der Waals surface area contributed by atoms with Crippen LogP contribution in [0.1, 0.15) is 17.5 Å². The summed E-state index contributed by atoms with van der Waals surface area (Å²) in [6.07, 6.45) is 0.526. The van der Waals surface area contributed by atoms with Gasteiger partial charge < -0.3 is 15.5 Å². The van der Waals surface area contributed by atoms with Crippen molar-refractivity contribution in [3.8, 4) is 0 Å². The molecular weight excluding hydrogens is 258 g/mol. The van der Waals surface area contributed by atoms with E-state index in [0.717, 1.165) is 24.2 Å².